The van der Waals surface area contributed by atoms with Gasteiger partial charge in [-0.3, -0.25) is 8.37 Å². The molecule has 0 radical (unpaired) electrons. The van der Waals surface area contributed by atoms with E-state index in [0.717, 1.165) is 13.1 Å². The van der Waals surface area contributed by atoms with Crippen molar-refractivity contribution in [3.8, 4) is 0 Å². The molecule has 1 fully saturated rings. The zero-order valence-electron chi connectivity index (χ0n) is 10.2. The van der Waals surface area contributed by atoms with Gasteiger partial charge in [-0.2, -0.15) is 4.36 Å². The predicted molar refractivity (Wildman–Crippen MR) is 80.3 cm³/mol. The second kappa shape index (κ2) is 7.22. The third-order valence-corrected chi connectivity index (χ3v) is 4.32. The first kappa shape index (κ1) is 15.5. The van der Waals surface area contributed by atoms with E-state index in [-0.39, 0.29) is 0 Å². The van der Waals surface area contributed by atoms with Gasteiger partial charge in [-0.05, 0) is 19.2 Å². The van der Waals surface area contributed by atoms with Gasteiger partial charge in [0.1, 0.15) is 5.69 Å². The lowest BCUT2D eigenvalue weighted by Crippen LogP contribution is -2.30. The van der Waals surface area contributed by atoms with Gasteiger partial charge in [-0.1, -0.05) is 34.8 Å². The summed E-state index contributed by atoms with van der Waals surface area (Å²) < 4.78 is 15.4. The molecule has 19 heavy (non-hydrogen) atoms. The minimum Gasteiger partial charge on any atom is -0.302 e. The van der Waals surface area contributed by atoms with Crippen LogP contribution >= 0.6 is 34.8 Å². The molecule has 106 valence electrons. The van der Waals surface area contributed by atoms with Crippen LogP contribution in [0.25, 0.3) is 0 Å². The molecule has 1 aliphatic rings. The molecule has 1 saturated heterocycles. The number of halogens is 3. The van der Waals surface area contributed by atoms with Crippen LogP contribution in [0, 0.1) is 0 Å². The highest BCUT2D eigenvalue weighted by Gasteiger charge is 2.12. The second-order valence-corrected chi connectivity index (χ2v) is 6.31. The van der Waals surface area contributed by atoms with Crippen molar-refractivity contribution < 1.29 is 8.37 Å². The van der Waals surface area contributed by atoms with Crippen LogP contribution in [0.5, 0.6) is 0 Å². The lowest BCUT2D eigenvalue weighted by Gasteiger charge is -2.20. The maximum Gasteiger partial charge on any atom is 0.182 e. The lowest BCUT2D eigenvalue weighted by molar-refractivity contribution is 0.173. The van der Waals surface area contributed by atoms with Crippen molar-refractivity contribution >= 4 is 51.7 Å². The molecule has 4 nitrogen and oxygen atoms in total. The summed E-state index contributed by atoms with van der Waals surface area (Å²) in [5.41, 5.74) is 0.449. The summed E-state index contributed by atoms with van der Waals surface area (Å²) in [5.74, 6) is 0. The Hall–Kier alpha value is 0.120. The van der Waals surface area contributed by atoms with E-state index in [1.54, 1.807) is 12.1 Å². The third kappa shape index (κ3) is 4.56. The van der Waals surface area contributed by atoms with Crippen molar-refractivity contribution in [2.24, 2.45) is 4.36 Å². The van der Waals surface area contributed by atoms with Crippen LogP contribution in [-0.2, 0) is 19.6 Å². The summed E-state index contributed by atoms with van der Waals surface area (Å²) in [6, 6.07) is 3.18. The van der Waals surface area contributed by atoms with Gasteiger partial charge in [0.25, 0.3) is 0 Å². The number of benzene rings is 1. The number of hydrogen-bond acceptors (Lipinski definition) is 4. The van der Waals surface area contributed by atoms with Crippen molar-refractivity contribution in [3.05, 3.63) is 27.2 Å². The van der Waals surface area contributed by atoms with Crippen molar-refractivity contribution in [1.82, 2.24) is 4.90 Å². The van der Waals surface area contributed by atoms with E-state index < -0.39 is 11.3 Å². The van der Waals surface area contributed by atoms with Crippen LogP contribution < -0.4 is 0 Å². The van der Waals surface area contributed by atoms with Crippen LogP contribution in [0.2, 0.25) is 15.1 Å². The highest BCUT2D eigenvalue weighted by molar-refractivity contribution is 7.77. The smallest absolute Gasteiger partial charge is 0.182 e. The molecule has 1 aromatic carbocycles. The predicted octanol–water partition coefficient (Wildman–Crippen LogP) is 3.89. The van der Waals surface area contributed by atoms with Gasteiger partial charge >= 0.3 is 0 Å². The molecule has 0 atom stereocenters. The first-order valence-corrected chi connectivity index (χ1v) is 7.78. The summed E-state index contributed by atoms with van der Waals surface area (Å²) in [6.07, 6.45) is 0. The SMILES string of the molecule is CN1CCOS(=Nc2c(Cl)cc(Cl)cc2Cl)OCC1. The molecule has 2 rings (SSSR count). The fourth-order valence-electron chi connectivity index (χ4n) is 1.42. The van der Waals surface area contributed by atoms with E-state index in [9.17, 15) is 0 Å². The fraction of sp³-hybridized carbons (Fsp3) is 0.455. The average Bonchev–Trinajstić information content (AvgIpc) is 2.29. The molecule has 0 spiro atoms. The number of rotatable bonds is 1. The molecule has 0 amide bonds. The monoisotopic (exact) mass is 342 g/mol. The van der Waals surface area contributed by atoms with E-state index in [1.165, 1.54) is 0 Å². The van der Waals surface area contributed by atoms with Gasteiger partial charge in [-0.15, -0.1) is 0 Å². The Bertz CT molecular complexity index is 464. The number of likely N-dealkylation sites (N-methyl/N-ethyl adjacent to an activating group) is 1. The first-order chi connectivity index (χ1) is 9.06. The summed E-state index contributed by atoms with van der Waals surface area (Å²) in [7, 11) is 2.01. The Morgan fingerprint density at radius 1 is 1.11 bits per heavy atom. The van der Waals surface area contributed by atoms with Crippen molar-refractivity contribution in [3.63, 3.8) is 0 Å². The molecule has 0 aliphatic carbocycles. The number of hydrogen-bond donors (Lipinski definition) is 0. The quantitative estimate of drug-likeness (QED) is 0.776. The van der Waals surface area contributed by atoms with Crippen LogP contribution in [0.15, 0.2) is 16.5 Å². The second-order valence-electron chi connectivity index (χ2n) is 3.97. The fourth-order valence-corrected chi connectivity index (χ4v) is 3.38. The zero-order valence-corrected chi connectivity index (χ0v) is 13.3. The van der Waals surface area contributed by atoms with Crippen molar-refractivity contribution in [2.45, 2.75) is 0 Å². The van der Waals surface area contributed by atoms with Crippen LogP contribution in [0.1, 0.15) is 0 Å². The summed E-state index contributed by atoms with van der Waals surface area (Å²) >= 11 is 17.0. The highest BCUT2D eigenvalue weighted by atomic mass is 35.5. The van der Waals surface area contributed by atoms with Crippen LogP contribution in [0.4, 0.5) is 5.69 Å². The Kier molecular flexibility index (Phi) is 5.89. The Morgan fingerprint density at radius 2 is 1.63 bits per heavy atom. The summed E-state index contributed by atoms with van der Waals surface area (Å²) in [5, 5.41) is 1.24. The van der Waals surface area contributed by atoms with Gasteiger partial charge < -0.3 is 4.90 Å². The minimum absolute atomic E-state index is 0.386. The van der Waals surface area contributed by atoms with Crippen LogP contribution in [0.3, 0.4) is 0 Å². The Morgan fingerprint density at radius 3 is 2.16 bits per heavy atom. The van der Waals surface area contributed by atoms with E-state index in [1.807, 2.05) is 7.05 Å². The topological polar surface area (TPSA) is 34.1 Å². The lowest BCUT2D eigenvalue weighted by atomic mass is 10.3. The van der Waals surface area contributed by atoms with E-state index in [4.69, 9.17) is 43.2 Å². The normalized spacial score (nSPS) is 18.9. The molecular formula is C11H13Cl3N2O2S. The molecule has 0 aromatic heterocycles. The number of nitrogens with zero attached hydrogens (tertiary/aromatic N) is 2. The molecule has 0 saturated carbocycles. The van der Waals surface area contributed by atoms with Crippen molar-refractivity contribution in [1.29, 1.82) is 0 Å². The molecule has 0 N–H and O–H groups in total. The maximum atomic E-state index is 6.07. The summed E-state index contributed by atoms with van der Waals surface area (Å²) in [6.45, 7) is 2.77. The van der Waals surface area contributed by atoms with Gasteiger partial charge in [0.05, 0.1) is 23.3 Å². The molecule has 1 aromatic rings. The van der Waals surface area contributed by atoms with E-state index in [0.29, 0.717) is 34.0 Å². The van der Waals surface area contributed by atoms with Gasteiger partial charge in [-0.25, -0.2) is 0 Å². The Labute approximate surface area is 130 Å². The van der Waals surface area contributed by atoms with E-state index >= 15 is 0 Å². The average molecular weight is 344 g/mol. The molecule has 0 bridgehead atoms. The van der Waals surface area contributed by atoms with E-state index in [2.05, 4.69) is 9.26 Å². The Balaban J connectivity index is 2.20. The highest BCUT2D eigenvalue weighted by Crippen LogP contribution is 2.36. The third-order valence-electron chi connectivity index (χ3n) is 2.46. The summed E-state index contributed by atoms with van der Waals surface area (Å²) in [4.78, 5) is 2.13. The standard InChI is InChI=1S/C11H13Cl3N2O2S/c1-16-2-4-17-19(18-5-3-16)15-11-9(13)6-8(12)7-10(11)14/h6-7H,2-5H2,1H3. The molecule has 8 heteroatoms. The minimum atomic E-state index is -0.980. The van der Waals surface area contributed by atoms with Gasteiger partial charge in [0, 0.05) is 18.1 Å². The largest absolute Gasteiger partial charge is 0.302 e. The molecule has 1 heterocycles. The molecule has 1 aliphatic heterocycles. The molecule has 0 unspecified atom stereocenters. The van der Waals surface area contributed by atoms with Gasteiger partial charge in [0.15, 0.2) is 11.3 Å². The zero-order chi connectivity index (χ0) is 13.8. The first-order valence-electron chi connectivity index (χ1n) is 5.62. The van der Waals surface area contributed by atoms with Crippen molar-refractivity contribution in [2.75, 3.05) is 33.4 Å². The van der Waals surface area contributed by atoms with Gasteiger partial charge in [0.2, 0.25) is 0 Å². The molecular weight excluding hydrogens is 331 g/mol. The maximum absolute atomic E-state index is 6.07. The van der Waals surface area contributed by atoms with Crippen LogP contribution in [-0.4, -0.2) is 38.3 Å².